The normalized spacial score (nSPS) is 27.0. The molecule has 0 radical (unpaired) electrons. The molecule has 1 aliphatic carbocycles. The first-order valence-electron chi connectivity index (χ1n) is 7.87. The molecule has 21 heavy (non-hydrogen) atoms. The zero-order valence-corrected chi connectivity index (χ0v) is 13.2. The van der Waals surface area contributed by atoms with Crippen LogP contribution in [0.25, 0.3) is 0 Å². The van der Waals surface area contributed by atoms with E-state index in [1.54, 1.807) is 0 Å². The van der Waals surface area contributed by atoms with Crippen LogP contribution in [0.3, 0.4) is 0 Å². The molecule has 2 rings (SSSR count). The van der Waals surface area contributed by atoms with Crippen LogP contribution in [0.2, 0.25) is 0 Å². The SMILES string of the molecule is CC1CC(C)CC(NC(=O)Nc2cccc(C(C)N)c2)C1. The molecule has 0 aromatic heterocycles. The summed E-state index contributed by atoms with van der Waals surface area (Å²) in [4.78, 5) is 12.1. The van der Waals surface area contributed by atoms with E-state index in [9.17, 15) is 4.79 Å². The van der Waals surface area contributed by atoms with Crippen LogP contribution in [-0.2, 0) is 0 Å². The molecule has 0 heterocycles. The second-order valence-electron chi connectivity index (χ2n) is 6.63. The Morgan fingerprint density at radius 2 is 1.90 bits per heavy atom. The third-order valence-electron chi connectivity index (χ3n) is 4.18. The summed E-state index contributed by atoms with van der Waals surface area (Å²) in [6, 6.07) is 7.82. The van der Waals surface area contributed by atoms with Gasteiger partial charge in [0.05, 0.1) is 0 Å². The highest BCUT2D eigenvalue weighted by molar-refractivity contribution is 5.89. The number of rotatable bonds is 3. The molecule has 1 saturated carbocycles. The molecule has 3 unspecified atom stereocenters. The van der Waals surface area contributed by atoms with Crippen molar-refractivity contribution in [1.29, 1.82) is 0 Å². The van der Waals surface area contributed by atoms with Crippen LogP contribution in [0.1, 0.15) is 51.6 Å². The average Bonchev–Trinajstić information content (AvgIpc) is 2.37. The van der Waals surface area contributed by atoms with Crippen molar-refractivity contribution in [3.05, 3.63) is 29.8 Å². The lowest BCUT2D eigenvalue weighted by molar-refractivity contribution is 0.222. The Hall–Kier alpha value is -1.55. The van der Waals surface area contributed by atoms with Crippen molar-refractivity contribution < 1.29 is 4.79 Å². The van der Waals surface area contributed by atoms with Gasteiger partial charge < -0.3 is 16.4 Å². The molecule has 116 valence electrons. The van der Waals surface area contributed by atoms with Gasteiger partial charge in [-0.25, -0.2) is 4.79 Å². The summed E-state index contributed by atoms with van der Waals surface area (Å²) in [6.45, 7) is 6.45. The fourth-order valence-electron chi connectivity index (χ4n) is 3.32. The molecule has 4 N–H and O–H groups in total. The third-order valence-corrected chi connectivity index (χ3v) is 4.18. The smallest absolute Gasteiger partial charge is 0.319 e. The summed E-state index contributed by atoms with van der Waals surface area (Å²) < 4.78 is 0. The fourth-order valence-corrected chi connectivity index (χ4v) is 3.32. The maximum Gasteiger partial charge on any atom is 0.319 e. The van der Waals surface area contributed by atoms with E-state index < -0.39 is 0 Å². The summed E-state index contributed by atoms with van der Waals surface area (Å²) in [5.74, 6) is 1.36. The fraction of sp³-hybridized carbons (Fsp3) is 0.588. The van der Waals surface area contributed by atoms with Crippen LogP contribution in [0, 0.1) is 11.8 Å². The Bertz CT molecular complexity index is 477. The Morgan fingerprint density at radius 1 is 1.24 bits per heavy atom. The largest absolute Gasteiger partial charge is 0.335 e. The molecular formula is C17H27N3O. The van der Waals surface area contributed by atoms with Crippen molar-refractivity contribution >= 4 is 11.7 Å². The number of urea groups is 1. The summed E-state index contributed by atoms with van der Waals surface area (Å²) >= 11 is 0. The first-order valence-corrected chi connectivity index (χ1v) is 7.87. The first-order chi connectivity index (χ1) is 9.94. The standard InChI is InChI=1S/C17H27N3O/c1-11-7-12(2)9-16(8-11)20-17(21)19-15-6-4-5-14(10-15)13(3)18/h4-6,10-13,16H,7-9,18H2,1-3H3,(H2,19,20,21). The van der Waals surface area contributed by atoms with Gasteiger partial charge in [-0.3, -0.25) is 0 Å². The number of hydrogen-bond donors (Lipinski definition) is 3. The lowest BCUT2D eigenvalue weighted by Gasteiger charge is -2.31. The van der Waals surface area contributed by atoms with Crippen LogP contribution in [0.5, 0.6) is 0 Å². The van der Waals surface area contributed by atoms with Crippen molar-refractivity contribution in [3.63, 3.8) is 0 Å². The van der Waals surface area contributed by atoms with Gasteiger partial charge in [0.15, 0.2) is 0 Å². The summed E-state index contributed by atoms with van der Waals surface area (Å²) in [7, 11) is 0. The molecule has 4 nitrogen and oxygen atoms in total. The number of benzene rings is 1. The predicted molar refractivity (Wildman–Crippen MR) is 87.2 cm³/mol. The van der Waals surface area contributed by atoms with E-state index in [1.165, 1.54) is 6.42 Å². The van der Waals surface area contributed by atoms with Gasteiger partial charge in [-0.15, -0.1) is 0 Å². The van der Waals surface area contributed by atoms with Crippen molar-refractivity contribution in [2.45, 2.75) is 52.1 Å². The van der Waals surface area contributed by atoms with Crippen molar-refractivity contribution in [2.75, 3.05) is 5.32 Å². The van der Waals surface area contributed by atoms with E-state index in [1.807, 2.05) is 31.2 Å². The molecule has 0 spiro atoms. The number of hydrogen-bond acceptors (Lipinski definition) is 2. The van der Waals surface area contributed by atoms with E-state index >= 15 is 0 Å². The average molecular weight is 289 g/mol. The molecule has 1 aromatic rings. The van der Waals surface area contributed by atoms with Gasteiger partial charge in [-0.1, -0.05) is 26.0 Å². The second kappa shape index (κ2) is 6.94. The first kappa shape index (κ1) is 15.8. The second-order valence-corrected chi connectivity index (χ2v) is 6.63. The maximum absolute atomic E-state index is 12.1. The number of amides is 2. The van der Waals surface area contributed by atoms with E-state index in [0.29, 0.717) is 11.8 Å². The maximum atomic E-state index is 12.1. The number of carbonyl (C=O) groups excluding carboxylic acids is 1. The van der Waals surface area contributed by atoms with Gasteiger partial charge >= 0.3 is 6.03 Å². The Kier molecular flexibility index (Phi) is 5.23. The molecule has 4 heteroatoms. The van der Waals surface area contributed by atoms with E-state index in [2.05, 4.69) is 24.5 Å². The molecule has 1 fully saturated rings. The highest BCUT2D eigenvalue weighted by Gasteiger charge is 2.24. The monoisotopic (exact) mass is 289 g/mol. The molecule has 1 aromatic carbocycles. The van der Waals surface area contributed by atoms with Crippen molar-refractivity contribution in [1.82, 2.24) is 5.32 Å². The van der Waals surface area contributed by atoms with Gasteiger partial charge in [0, 0.05) is 17.8 Å². The topological polar surface area (TPSA) is 67.2 Å². The van der Waals surface area contributed by atoms with Crippen LogP contribution in [0.15, 0.2) is 24.3 Å². The molecule has 0 bridgehead atoms. The minimum atomic E-state index is -0.122. The van der Waals surface area contributed by atoms with E-state index in [4.69, 9.17) is 5.73 Å². The highest BCUT2D eigenvalue weighted by Crippen LogP contribution is 2.28. The molecule has 3 atom stereocenters. The van der Waals surface area contributed by atoms with Crippen LogP contribution in [0.4, 0.5) is 10.5 Å². The van der Waals surface area contributed by atoms with Crippen LogP contribution >= 0.6 is 0 Å². The molecule has 1 aliphatic rings. The molecular weight excluding hydrogens is 262 g/mol. The van der Waals surface area contributed by atoms with Crippen molar-refractivity contribution in [3.8, 4) is 0 Å². The van der Waals surface area contributed by atoms with E-state index in [0.717, 1.165) is 24.1 Å². The Morgan fingerprint density at radius 3 is 2.52 bits per heavy atom. The molecule has 2 amide bonds. The zero-order chi connectivity index (χ0) is 15.4. The van der Waals surface area contributed by atoms with Gasteiger partial charge in [-0.2, -0.15) is 0 Å². The minimum Gasteiger partial charge on any atom is -0.335 e. The minimum absolute atomic E-state index is 0.0325. The number of anilines is 1. The zero-order valence-electron chi connectivity index (χ0n) is 13.2. The third kappa shape index (κ3) is 4.74. The summed E-state index contributed by atoms with van der Waals surface area (Å²) in [5.41, 5.74) is 7.68. The summed E-state index contributed by atoms with van der Waals surface area (Å²) in [6.07, 6.45) is 3.39. The number of nitrogens with one attached hydrogen (secondary N) is 2. The van der Waals surface area contributed by atoms with Gasteiger partial charge in [0.25, 0.3) is 0 Å². The lowest BCUT2D eigenvalue weighted by atomic mass is 9.80. The Balaban J connectivity index is 1.91. The predicted octanol–water partition coefficient (Wildman–Crippen LogP) is 3.65. The van der Waals surface area contributed by atoms with Gasteiger partial charge in [-0.05, 0) is 55.7 Å². The number of carbonyl (C=O) groups is 1. The van der Waals surface area contributed by atoms with E-state index in [-0.39, 0.29) is 18.1 Å². The quantitative estimate of drug-likeness (QED) is 0.795. The molecule has 0 aliphatic heterocycles. The van der Waals surface area contributed by atoms with Crippen molar-refractivity contribution in [2.24, 2.45) is 17.6 Å². The van der Waals surface area contributed by atoms with Gasteiger partial charge in [0.1, 0.15) is 0 Å². The van der Waals surface area contributed by atoms with Crippen LogP contribution < -0.4 is 16.4 Å². The summed E-state index contributed by atoms with van der Waals surface area (Å²) in [5, 5.41) is 6.00. The Labute approximate surface area is 127 Å². The van der Waals surface area contributed by atoms with Gasteiger partial charge in [0.2, 0.25) is 0 Å². The highest BCUT2D eigenvalue weighted by atomic mass is 16.2. The molecule has 0 saturated heterocycles. The number of nitrogens with two attached hydrogens (primary N) is 1. The van der Waals surface area contributed by atoms with Crippen LogP contribution in [-0.4, -0.2) is 12.1 Å². The lowest BCUT2D eigenvalue weighted by Crippen LogP contribution is -2.42.